The molecule has 1 atom stereocenters. The molecule has 0 saturated carbocycles. The van der Waals surface area contributed by atoms with Crippen LogP contribution >= 0.6 is 0 Å². The van der Waals surface area contributed by atoms with Crippen LogP contribution in [0.5, 0.6) is 0 Å². The molecular formula is C14H20O3. The number of rotatable bonds is 6. The predicted molar refractivity (Wildman–Crippen MR) is 68.2 cm³/mol. The minimum atomic E-state index is -0.392. The second-order valence-electron chi connectivity index (χ2n) is 3.35. The van der Waals surface area contributed by atoms with E-state index in [9.17, 15) is 9.90 Å². The fourth-order valence-corrected chi connectivity index (χ4v) is 0.961. The van der Waals surface area contributed by atoms with Gasteiger partial charge < -0.3 is 9.84 Å². The zero-order valence-corrected chi connectivity index (χ0v) is 10.5. The molecule has 1 unspecified atom stereocenters. The van der Waals surface area contributed by atoms with Crippen LogP contribution in [0, 0.1) is 11.8 Å². The number of esters is 1. The molecule has 0 spiro atoms. The Hall–Kier alpha value is -1.53. The molecule has 0 saturated heterocycles. The van der Waals surface area contributed by atoms with Crippen molar-refractivity contribution in [1.29, 1.82) is 0 Å². The maximum Gasteiger partial charge on any atom is 0.306 e. The average Bonchev–Trinajstić information content (AvgIpc) is 2.32. The fourth-order valence-electron chi connectivity index (χ4n) is 0.961. The van der Waals surface area contributed by atoms with Crippen molar-refractivity contribution in [3.05, 3.63) is 24.3 Å². The van der Waals surface area contributed by atoms with E-state index in [1.165, 1.54) is 0 Å². The van der Waals surface area contributed by atoms with E-state index >= 15 is 0 Å². The van der Waals surface area contributed by atoms with Gasteiger partial charge in [-0.25, -0.2) is 0 Å². The first kappa shape index (κ1) is 15.5. The number of hydrogen-bond donors (Lipinski definition) is 1. The second-order valence-corrected chi connectivity index (χ2v) is 3.35. The van der Waals surface area contributed by atoms with Gasteiger partial charge in [-0.1, -0.05) is 37.0 Å². The summed E-state index contributed by atoms with van der Waals surface area (Å²) in [6.45, 7) is 4.11. The van der Waals surface area contributed by atoms with Crippen LogP contribution in [0.1, 0.15) is 33.1 Å². The highest BCUT2D eigenvalue weighted by molar-refractivity contribution is 5.69. The van der Waals surface area contributed by atoms with Crippen LogP contribution in [0.25, 0.3) is 0 Å². The normalized spacial score (nSPS) is 12.4. The van der Waals surface area contributed by atoms with E-state index in [0.29, 0.717) is 25.9 Å². The summed E-state index contributed by atoms with van der Waals surface area (Å²) < 4.78 is 4.76. The number of allylic oxidation sites excluding steroid dienone is 3. The van der Waals surface area contributed by atoms with Crippen molar-refractivity contribution in [2.75, 3.05) is 6.61 Å². The van der Waals surface area contributed by atoms with Gasteiger partial charge in [0.1, 0.15) is 0 Å². The lowest BCUT2D eigenvalue weighted by Crippen LogP contribution is -2.02. The summed E-state index contributed by atoms with van der Waals surface area (Å²) in [4.78, 5) is 10.9. The van der Waals surface area contributed by atoms with Crippen LogP contribution in [0.3, 0.4) is 0 Å². The lowest BCUT2D eigenvalue weighted by Gasteiger charge is -1.96. The summed E-state index contributed by atoms with van der Waals surface area (Å²) in [5.74, 6) is 5.43. The molecule has 0 fully saturated rings. The molecule has 0 amide bonds. The Morgan fingerprint density at radius 3 is 2.82 bits per heavy atom. The van der Waals surface area contributed by atoms with Crippen molar-refractivity contribution in [3.8, 4) is 11.8 Å². The first-order valence-electron chi connectivity index (χ1n) is 5.86. The molecule has 0 radical (unpaired) electrons. The summed E-state index contributed by atoms with van der Waals surface area (Å²) in [6.07, 6.45) is 8.06. The quantitative estimate of drug-likeness (QED) is 0.437. The Morgan fingerprint density at radius 2 is 2.18 bits per heavy atom. The van der Waals surface area contributed by atoms with Crippen LogP contribution in [0.2, 0.25) is 0 Å². The monoisotopic (exact) mass is 236 g/mol. The molecule has 0 aliphatic heterocycles. The number of carbonyl (C=O) groups is 1. The lowest BCUT2D eigenvalue weighted by molar-refractivity contribution is -0.142. The van der Waals surface area contributed by atoms with Crippen LogP contribution in [0.4, 0.5) is 0 Å². The third-order valence-electron chi connectivity index (χ3n) is 1.90. The Kier molecular flexibility index (Phi) is 9.98. The Balaban J connectivity index is 3.71. The molecule has 1 N–H and O–H groups in total. The van der Waals surface area contributed by atoms with Gasteiger partial charge in [0.2, 0.25) is 0 Å². The Bertz CT molecular complexity index is 318. The van der Waals surface area contributed by atoms with Crippen LogP contribution in [0.15, 0.2) is 24.3 Å². The van der Waals surface area contributed by atoms with Gasteiger partial charge in [-0.2, -0.15) is 0 Å². The highest BCUT2D eigenvalue weighted by Gasteiger charge is 1.97. The van der Waals surface area contributed by atoms with Crippen LogP contribution in [-0.2, 0) is 9.53 Å². The first-order chi connectivity index (χ1) is 8.20. The van der Waals surface area contributed by atoms with Gasteiger partial charge in [0, 0.05) is 6.42 Å². The van der Waals surface area contributed by atoms with E-state index < -0.39 is 6.10 Å². The largest absolute Gasteiger partial charge is 0.466 e. The van der Waals surface area contributed by atoms with Gasteiger partial charge in [-0.05, 0) is 19.4 Å². The molecule has 0 rings (SSSR count). The zero-order valence-electron chi connectivity index (χ0n) is 10.5. The van der Waals surface area contributed by atoms with E-state index in [1.807, 2.05) is 6.92 Å². The molecule has 0 aliphatic rings. The molecule has 0 heterocycles. The van der Waals surface area contributed by atoms with Crippen molar-refractivity contribution in [1.82, 2.24) is 0 Å². The van der Waals surface area contributed by atoms with Gasteiger partial charge in [0.15, 0.2) is 0 Å². The third kappa shape index (κ3) is 10.7. The van der Waals surface area contributed by atoms with Crippen molar-refractivity contribution in [2.24, 2.45) is 0 Å². The molecule has 94 valence electrons. The topological polar surface area (TPSA) is 46.5 Å². The summed E-state index contributed by atoms with van der Waals surface area (Å²) in [5.41, 5.74) is 0. The number of hydrogen-bond acceptors (Lipinski definition) is 3. The predicted octanol–water partition coefficient (Wildman–Crippen LogP) is 2.22. The standard InChI is InChI=1S/C14H20O3/c1-3-13(15)11-9-7-5-6-8-10-12-14(16)17-4-2/h5,7,9,11,13,15H,3-4,10,12H2,1-2H3. The van der Waals surface area contributed by atoms with E-state index in [0.717, 1.165) is 0 Å². The number of carbonyl (C=O) groups excluding carboxylic acids is 1. The highest BCUT2D eigenvalue weighted by atomic mass is 16.5. The SMILES string of the molecule is CCOC(=O)CCC#CC=CC=CC(O)CC. The average molecular weight is 236 g/mol. The number of ether oxygens (including phenoxy) is 1. The Labute approximate surface area is 103 Å². The minimum Gasteiger partial charge on any atom is -0.466 e. The van der Waals surface area contributed by atoms with Crippen LogP contribution in [-0.4, -0.2) is 23.8 Å². The molecule has 0 bridgehead atoms. The summed E-state index contributed by atoms with van der Waals surface area (Å²) in [7, 11) is 0. The van der Waals surface area contributed by atoms with Gasteiger partial charge in [0.05, 0.1) is 19.1 Å². The van der Waals surface area contributed by atoms with Gasteiger partial charge >= 0.3 is 5.97 Å². The number of aliphatic hydroxyl groups is 1. The molecule has 0 aromatic rings. The van der Waals surface area contributed by atoms with Gasteiger partial charge in [0.25, 0.3) is 0 Å². The maximum atomic E-state index is 10.9. The van der Waals surface area contributed by atoms with Crippen LogP contribution < -0.4 is 0 Å². The molecular weight excluding hydrogens is 216 g/mol. The van der Waals surface area contributed by atoms with Gasteiger partial charge in [-0.15, -0.1) is 0 Å². The maximum absolute atomic E-state index is 10.9. The van der Waals surface area contributed by atoms with Crippen molar-refractivity contribution < 1.29 is 14.6 Å². The molecule has 0 aliphatic carbocycles. The summed E-state index contributed by atoms with van der Waals surface area (Å²) >= 11 is 0. The molecule has 17 heavy (non-hydrogen) atoms. The van der Waals surface area contributed by atoms with Crippen molar-refractivity contribution in [3.63, 3.8) is 0 Å². The molecule has 0 aromatic heterocycles. The van der Waals surface area contributed by atoms with E-state index in [1.54, 1.807) is 31.2 Å². The van der Waals surface area contributed by atoms with Crippen molar-refractivity contribution >= 4 is 5.97 Å². The summed E-state index contributed by atoms with van der Waals surface area (Å²) in [5, 5.41) is 9.20. The Morgan fingerprint density at radius 1 is 1.41 bits per heavy atom. The van der Waals surface area contributed by atoms with E-state index in [-0.39, 0.29) is 5.97 Å². The minimum absolute atomic E-state index is 0.211. The molecule has 3 nitrogen and oxygen atoms in total. The summed E-state index contributed by atoms with van der Waals surface area (Å²) in [6, 6.07) is 0. The molecule has 3 heteroatoms. The van der Waals surface area contributed by atoms with Gasteiger partial charge in [-0.3, -0.25) is 4.79 Å². The smallest absolute Gasteiger partial charge is 0.306 e. The fraction of sp³-hybridized carbons (Fsp3) is 0.500. The van der Waals surface area contributed by atoms with Crippen molar-refractivity contribution in [2.45, 2.75) is 39.2 Å². The van der Waals surface area contributed by atoms with E-state index in [4.69, 9.17) is 4.74 Å². The second kappa shape index (κ2) is 11.0. The lowest BCUT2D eigenvalue weighted by atomic mass is 10.2. The zero-order chi connectivity index (χ0) is 12.9. The molecule has 0 aromatic carbocycles. The number of aliphatic hydroxyl groups excluding tert-OH is 1. The third-order valence-corrected chi connectivity index (χ3v) is 1.90. The first-order valence-corrected chi connectivity index (χ1v) is 5.86. The highest BCUT2D eigenvalue weighted by Crippen LogP contribution is 1.92. The van der Waals surface area contributed by atoms with E-state index in [2.05, 4.69) is 11.8 Å².